The predicted octanol–water partition coefficient (Wildman–Crippen LogP) is 4.56. The van der Waals surface area contributed by atoms with E-state index in [0.717, 1.165) is 6.04 Å². The van der Waals surface area contributed by atoms with Gasteiger partial charge in [0, 0.05) is 16.6 Å². The van der Waals surface area contributed by atoms with E-state index in [2.05, 4.69) is 45.1 Å². The maximum absolute atomic E-state index is 3.70. The van der Waals surface area contributed by atoms with Crippen molar-refractivity contribution in [2.24, 2.45) is 0 Å². The third-order valence-corrected chi connectivity index (χ3v) is 4.83. The molecule has 0 spiro atoms. The molecule has 0 unspecified atom stereocenters. The van der Waals surface area contributed by atoms with Crippen LogP contribution in [0, 0.1) is 0 Å². The molecule has 2 aliphatic heterocycles. The molecule has 2 heterocycles. The number of nitrogens with zero attached hydrogens (tertiary/aromatic N) is 1. The smallest absolute Gasteiger partial charge is 0.0362 e. The molecule has 1 aromatic carbocycles. The second-order valence-corrected chi connectivity index (χ2v) is 5.86. The Balaban J connectivity index is 0.00000108. The Kier molecular flexibility index (Phi) is 4.51. The summed E-state index contributed by atoms with van der Waals surface area (Å²) in [4.78, 5) is 2.74. The fourth-order valence-corrected chi connectivity index (χ4v) is 3.89. The van der Waals surface area contributed by atoms with Gasteiger partial charge in [0.1, 0.15) is 0 Å². The van der Waals surface area contributed by atoms with Crippen molar-refractivity contribution in [1.82, 2.24) is 4.90 Å². The van der Waals surface area contributed by atoms with Gasteiger partial charge in [-0.1, -0.05) is 40.5 Å². The highest BCUT2D eigenvalue weighted by Crippen LogP contribution is 2.42. The average Bonchev–Trinajstić information content (AvgIpc) is 2.74. The zero-order valence-electron chi connectivity index (χ0n) is 9.94. The molecular weight excluding hydrogens is 298 g/mol. The number of rotatable bonds is 1. The van der Waals surface area contributed by atoms with Crippen molar-refractivity contribution in [2.75, 3.05) is 6.54 Å². The van der Waals surface area contributed by atoms with E-state index < -0.39 is 0 Å². The van der Waals surface area contributed by atoms with Crippen LogP contribution in [0.1, 0.15) is 43.7 Å². The van der Waals surface area contributed by atoms with E-state index in [0.29, 0.717) is 6.04 Å². The minimum Gasteiger partial charge on any atom is -0.293 e. The largest absolute Gasteiger partial charge is 0.293 e. The lowest BCUT2D eigenvalue weighted by atomic mass is 10.0. The first-order valence-corrected chi connectivity index (χ1v) is 7.16. The number of hydrogen-bond donors (Lipinski definition) is 0. The van der Waals surface area contributed by atoms with E-state index in [1.54, 1.807) is 0 Å². The van der Waals surface area contributed by atoms with Crippen molar-refractivity contribution in [1.29, 1.82) is 0 Å². The van der Waals surface area contributed by atoms with Gasteiger partial charge in [-0.05, 0) is 43.9 Å². The Labute approximate surface area is 118 Å². The Morgan fingerprint density at radius 3 is 2.71 bits per heavy atom. The number of piperidine rings is 1. The van der Waals surface area contributed by atoms with Gasteiger partial charge in [-0.2, -0.15) is 0 Å². The van der Waals surface area contributed by atoms with Crippen molar-refractivity contribution in [3.63, 3.8) is 0 Å². The number of fused-ring (bicyclic) bond motifs is 1. The summed E-state index contributed by atoms with van der Waals surface area (Å²) in [7, 11) is 0. The highest BCUT2D eigenvalue weighted by molar-refractivity contribution is 9.10. The van der Waals surface area contributed by atoms with E-state index in [4.69, 9.17) is 0 Å². The molecule has 1 nitrogen and oxygen atoms in total. The molecule has 0 aliphatic carbocycles. The molecule has 0 radical (unpaired) electrons. The number of halogens is 2. The first-order chi connectivity index (χ1) is 7.86. The van der Waals surface area contributed by atoms with Crippen LogP contribution in [0.3, 0.4) is 0 Å². The first kappa shape index (κ1) is 13.4. The van der Waals surface area contributed by atoms with Gasteiger partial charge in [0.15, 0.2) is 0 Å². The van der Waals surface area contributed by atoms with Gasteiger partial charge in [-0.3, -0.25) is 4.90 Å². The molecule has 94 valence electrons. The predicted molar refractivity (Wildman–Crippen MR) is 77.7 cm³/mol. The molecule has 17 heavy (non-hydrogen) atoms. The highest BCUT2D eigenvalue weighted by atomic mass is 79.9. The molecule has 2 saturated heterocycles. The fourth-order valence-electron chi connectivity index (χ4n) is 3.34. The van der Waals surface area contributed by atoms with E-state index in [1.165, 1.54) is 48.7 Å². The van der Waals surface area contributed by atoms with Gasteiger partial charge >= 0.3 is 0 Å². The third-order valence-electron chi connectivity index (χ3n) is 4.11. The molecule has 0 amide bonds. The van der Waals surface area contributed by atoms with Gasteiger partial charge in [0.05, 0.1) is 0 Å². The van der Waals surface area contributed by atoms with Crippen molar-refractivity contribution >= 4 is 28.3 Å². The molecule has 1 aromatic rings. The van der Waals surface area contributed by atoms with Crippen molar-refractivity contribution in [3.05, 3.63) is 34.3 Å². The summed E-state index contributed by atoms with van der Waals surface area (Å²) in [6.45, 7) is 1.30. The maximum Gasteiger partial charge on any atom is 0.0362 e. The van der Waals surface area contributed by atoms with Crippen LogP contribution in [-0.2, 0) is 0 Å². The number of benzene rings is 1. The lowest BCUT2D eigenvalue weighted by Gasteiger charge is -2.34. The normalized spacial score (nSPS) is 28.5. The molecule has 2 aliphatic rings. The Bertz CT molecular complexity index is 382. The molecule has 3 heteroatoms. The minimum absolute atomic E-state index is 0. The molecule has 2 fully saturated rings. The Hall–Kier alpha value is -0.0500. The Morgan fingerprint density at radius 1 is 1.06 bits per heavy atom. The Morgan fingerprint density at radius 2 is 1.88 bits per heavy atom. The van der Waals surface area contributed by atoms with Gasteiger partial charge in [0.25, 0.3) is 0 Å². The standard InChI is InChI=1S/C14H18BrN.ClH/c15-13-7-2-1-6-12(13)14-9-8-11-5-3-4-10-16(11)14;/h1-2,6-7,11,14H,3-5,8-10H2;1H/t11-,14-;/m1./s1. The lowest BCUT2D eigenvalue weighted by Crippen LogP contribution is -2.35. The number of hydrogen-bond acceptors (Lipinski definition) is 1. The summed E-state index contributed by atoms with van der Waals surface area (Å²) in [5.41, 5.74) is 1.49. The second kappa shape index (κ2) is 5.73. The first-order valence-electron chi connectivity index (χ1n) is 6.36. The van der Waals surface area contributed by atoms with Crippen LogP contribution in [0.4, 0.5) is 0 Å². The van der Waals surface area contributed by atoms with E-state index in [-0.39, 0.29) is 12.4 Å². The fraction of sp³-hybridized carbons (Fsp3) is 0.571. The van der Waals surface area contributed by atoms with Gasteiger partial charge in [0.2, 0.25) is 0 Å². The highest BCUT2D eigenvalue weighted by Gasteiger charge is 2.35. The van der Waals surface area contributed by atoms with E-state index >= 15 is 0 Å². The van der Waals surface area contributed by atoms with E-state index in [1.807, 2.05) is 0 Å². The molecule has 0 bridgehead atoms. The molecule has 0 aromatic heterocycles. The molecule has 2 atom stereocenters. The SMILES string of the molecule is Brc1ccccc1[C@H]1CC[C@H]2CCCCN21.Cl. The molecule has 3 rings (SSSR count). The van der Waals surface area contributed by atoms with Crippen molar-refractivity contribution in [2.45, 2.75) is 44.2 Å². The van der Waals surface area contributed by atoms with Crippen molar-refractivity contribution in [3.8, 4) is 0 Å². The summed E-state index contributed by atoms with van der Waals surface area (Å²) in [5, 5.41) is 0. The van der Waals surface area contributed by atoms with Crippen LogP contribution in [0.5, 0.6) is 0 Å². The van der Waals surface area contributed by atoms with Crippen LogP contribution >= 0.6 is 28.3 Å². The van der Waals surface area contributed by atoms with Crippen LogP contribution < -0.4 is 0 Å². The quantitative estimate of drug-likeness (QED) is 0.734. The third kappa shape index (κ3) is 2.54. The summed E-state index contributed by atoms with van der Waals surface area (Å²) >= 11 is 3.70. The van der Waals surface area contributed by atoms with Crippen LogP contribution in [0.2, 0.25) is 0 Å². The topological polar surface area (TPSA) is 3.24 Å². The average molecular weight is 317 g/mol. The zero-order chi connectivity index (χ0) is 11.0. The van der Waals surface area contributed by atoms with Gasteiger partial charge in [-0.15, -0.1) is 12.4 Å². The minimum atomic E-state index is 0. The second-order valence-electron chi connectivity index (χ2n) is 5.00. The van der Waals surface area contributed by atoms with Crippen LogP contribution in [0.25, 0.3) is 0 Å². The maximum atomic E-state index is 3.70. The summed E-state index contributed by atoms with van der Waals surface area (Å²) in [6.07, 6.45) is 6.97. The summed E-state index contributed by atoms with van der Waals surface area (Å²) in [6, 6.07) is 10.3. The van der Waals surface area contributed by atoms with Gasteiger partial charge in [-0.25, -0.2) is 0 Å². The zero-order valence-corrected chi connectivity index (χ0v) is 12.3. The lowest BCUT2D eigenvalue weighted by molar-refractivity contribution is 0.149. The summed E-state index contributed by atoms with van der Waals surface area (Å²) in [5.74, 6) is 0. The molecule has 0 N–H and O–H groups in total. The van der Waals surface area contributed by atoms with Crippen molar-refractivity contribution < 1.29 is 0 Å². The monoisotopic (exact) mass is 315 g/mol. The van der Waals surface area contributed by atoms with E-state index in [9.17, 15) is 0 Å². The molecular formula is C14H19BrClN. The van der Waals surface area contributed by atoms with Crippen LogP contribution in [0.15, 0.2) is 28.7 Å². The van der Waals surface area contributed by atoms with Crippen LogP contribution in [-0.4, -0.2) is 17.5 Å². The summed E-state index contributed by atoms with van der Waals surface area (Å²) < 4.78 is 1.28. The molecule has 0 saturated carbocycles. The van der Waals surface area contributed by atoms with Gasteiger partial charge < -0.3 is 0 Å².